The molecular formula is C15H16N4. The molecule has 1 aromatic carbocycles. The summed E-state index contributed by atoms with van der Waals surface area (Å²) >= 11 is 0. The van der Waals surface area contributed by atoms with E-state index in [1.807, 2.05) is 12.4 Å². The lowest BCUT2D eigenvalue weighted by Gasteiger charge is -2.04. The standard InChI is InChI=1S/C15H16N4/c1-10(2)15-18-13-6-11(4-5-14(13)19(15)3)12-7-16-9-17-8-12/h4-10H,1-3H3. The minimum absolute atomic E-state index is 0.418. The maximum absolute atomic E-state index is 4.72. The van der Waals surface area contributed by atoms with Crippen LogP contribution in [0.1, 0.15) is 25.6 Å². The van der Waals surface area contributed by atoms with Gasteiger partial charge in [-0.3, -0.25) is 0 Å². The minimum Gasteiger partial charge on any atom is -0.331 e. The van der Waals surface area contributed by atoms with Crippen LogP contribution in [0.15, 0.2) is 36.9 Å². The van der Waals surface area contributed by atoms with E-state index in [9.17, 15) is 0 Å². The number of nitrogens with zero attached hydrogens (tertiary/aromatic N) is 4. The number of hydrogen-bond acceptors (Lipinski definition) is 3. The van der Waals surface area contributed by atoms with Gasteiger partial charge in [0.05, 0.1) is 11.0 Å². The second kappa shape index (κ2) is 4.46. The van der Waals surface area contributed by atoms with Gasteiger partial charge >= 0.3 is 0 Å². The zero-order chi connectivity index (χ0) is 13.4. The SMILES string of the molecule is CC(C)c1nc2cc(-c3cncnc3)ccc2n1C. The van der Waals surface area contributed by atoms with Crippen LogP contribution in [0.5, 0.6) is 0 Å². The average Bonchev–Trinajstić information content (AvgIpc) is 2.77. The monoisotopic (exact) mass is 252 g/mol. The molecule has 0 unspecified atom stereocenters. The number of aryl methyl sites for hydroxylation is 1. The van der Waals surface area contributed by atoms with E-state index >= 15 is 0 Å². The summed E-state index contributed by atoms with van der Waals surface area (Å²) in [5.41, 5.74) is 4.29. The van der Waals surface area contributed by atoms with Crippen LogP contribution in [0.25, 0.3) is 22.2 Å². The van der Waals surface area contributed by atoms with Gasteiger partial charge in [0.15, 0.2) is 0 Å². The third-order valence-corrected chi connectivity index (χ3v) is 3.33. The van der Waals surface area contributed by atoms with Gasteiger partial charge in [-0.2, -0.15) is 0 Å². The largest absolute Gasteiger partial charge is 0.331 e. The quantitative estimate of drug-likeness (QED) is 0.703. The van der Waals surface area contributed by atoms with Crippen LogP contribution in [-0.2, 0) is 7.05 Å². The summed E-state index contributed by atoms with van der Waals surface area (Å²) in [4.78, 5) is 12.8. The van der Waals surface area contributed by atoms with E-state index in [2.05, 4.69) is 53.6 Å². The lowest BCUT2D eigenvalue weighted by Crippen LogP contribution is -1.99. The van der Waals surface area contributed by atoms with Gasteiger partial charge < -0.3 is 4.57 Å². The van der Waals surface area contributed by atoms with Gasteiger partial charge in [-0.05, 0) is 17.7 Å². The predicted molar refractivity (Wildman–Crippen MR) is 75.8 cm³/mol. The first kappa shape index (κ1) is 11.8. The van der Waals surface area contributed by atoms with Gasteiger partial charge in [0.1, 0.15) is 12.2 Å². The molecule has 4 nitrogen and oxygen atoms in total. The summed E-state index contributed by atoms with van der Waals surface area (Å²) in [5, 5.41) is 0. The first-order chi connectivity index (χ1) is 9.16. The maximum Gasteiger partial charge on any atom is 0.115 e. The summed E-state index contributed by atoms with van der Waals surface area (Å²) in [5.74, 6) is 1.53. The Kier molecular flexibility index (Phi) is 2.78. The highest BCUT2D eigenvalue weighted by Gasteiger charge is 2.11. The van der Waals surface area contributed by atoms with Crippen molar-refractivity contribution in [2.24, 2.45) is 7.05 Å². The Hall–Kier alpha value is -2.23. The molecule has 2 heterocycles. The van der Waals surface area contributed by atoms with Crippen molar-refractivity contribution in [2.45, 2.75) is 19.8 Å². The first-order valence-electron chi connectivity index (χ1n) is 6.38. The fourth-order valence-electron chi connectivity index (χ4n) is 2.36. The van der Waals surface area contributed by atoms with Crippen molar-refractivity contribution in [1.82, 2.24) is 19.5 Å². The Bertz CT molecular complexity index is 714. The second-order valence-corrected chi connectivity index (χ2v) is 5.01. The van der Waals surface area contributed by atoms with E-state index in [-0.39, 0.29) is 0 Å². The van der Waals surface area contributed by atoms with Crippen molar-refractivity contribution in [1.29, 1.82) is 0 Å². The smallest absolute Gasteiger partial charge is 0.115 e. The topological polar surface area (TPSA) is 43.6 Å². The summed E-state index contributed by atoms with van der Waals surface area (Å²) in [6.07, 6.45) is 5.18. The second-order valence-electron chi connectivity index (χ2n) is 5.01. The zero-order valence-corrected chi connectivity index (χ0v) is 11.3. The Morgan fingerprint density at radius 2 is 1.79 bits per heavy atom. The molecule has 2 aromatic heterocycles. The molecule has 0 aliphatic rings. The molecule has 0 spiro atoms. The van der Waals surface area contributed by atoms with Crippen LogP contribution in [-0.4, -0.2) is 19.5 Å². The van der Waals surface area contributed by atoms with Crippen molar-refractivity contribution in [3.63, 3.8) is 0 Å². The van der Waals surface area contributed by atoms with Gasteiger partial charge in [0, 0.05) is 30.9 Å². The summed E-state index contributed by atoms with van der Waals surface area (Å²) < 4.78 is 2.16. The van der Waals surface area contributed by atoms with Crippen LogP contribution in [0.4, 0.5) is 0 Å². The van der Waals surface area contributed by atoms with Crippen molar-refractivity contribution < 1.29 is 0 Å². The van der Waals surface area contributed by atoms with Crippen molar-refractivity contribution in [2.75, 3.05) is 0 Å². The van der Waals surface area contributed by atoms with Gasteiger partial charge in [0.2, 0.25) is 0 Å². The normalized spacial score (nSPS) is 11.4. The molecular weight excluding hydrogens is 236 g/mol. The molecule has 3 aromatic rings. The number of imidazole rings is 1. The van der Waals surface area contributed by atoms with E-state index in [0.717, 1.165) is 28.0 Å². The molecule has 0 N–H and O–H groups in total. The van der Waals surface area contributed by atoms with E-state index < -0.39 is 0 Å². The van der Waals surface area contributed by atoms with E-state index in [0.29, 0.717) is 5.92 Å². The predicted octanol–water partition coefficient (Wildman–Crippen LogP) is 3.15. The third kappa shape index (κ3) is 1.99. The van der Waals surface area contributed by atoms with E-state index in [1.165, 1.54) is 0 Å². The van der Waals surface area contributed by atoms with Gasteiger partial charge in [-0.1, -0.05) is 19.9 Å². The fourth-order valence-corrected chi connectivity index (χ4v) is 2.36. The van der Waals surface area contributed by atoms with Gasteiger partial charge in [-0.25, -0.2) is 15.0 Å². The Morgan fingerprint density at radius 1 is 1.05 bits per heavy atom. The van der Waals surface area contributed by atoms with E-state index in [1.54, 1.807) is 6.33 Å². The lowest BCUT2D eigenvalue weighted by molar-refractivity contribution is 0.722. The molecule has 0 atom stereocenters. The molecule has 0 aliphatic carbocycles. The molecule has 0 radical (unpaired) electrons. The fraction of sp³-hybridized carbons (Fsp3) is 0.267. The first-order valence-corrected chi connectivity index (χ1v) is 6.38. The highest BCUT2D eigenvalue weighted by atomic mass is 15.1. The highest BCUT2D eigenvalue weighted by molar-refractivity contribution is 5.82. The number of aromatic nitrogens is 4. The molecule has 0 saturated carbocycles. The van der Waals surface area contributed by atoms with Crippen molar-refractivity contribution in [3.05, 3.63) is 42.7 Å². The number of rotatable bonds is 2. The van der Waals surface area contributed by atoms with Crippen molar-refractivity contribution in [3.8, 4) is 11.1 Å². The third-order valence-electron chi connectivity index (χ3n) is 3.33. The molecule has 0 saturated heterocycles. The zero-order valence-electron chi connectivity index (χ0n) is 11.3. The number of benzene rings is 1. The van der Waals surface area contributed by atoms with Crippen LogP contribution >= 0.6 is 0 Å². The lowest BCUT2D eigenvalue weighted by atomic mass is 10.1. The Morgan fingerprint density at radius 3 is 2.47 bits per heavy atom. The molecule has 3 rings (SSSR count). The molecule has 0 aliphatic heterocycles. The van der Waals surface area contributed by atoms with E-state index in [4.69, 9.17) is 4.98 Å². The minimum atomic E-state index is 0.418. The van der Waals surface area contributed by atoms with Gasteiger partial charge in [0.25, 0.3) is 0 Å². The average molecular weight is 252 g/mol. The maximum atomic E-state index is 4.72. The highest BCUT2D eigenvalue weighted by Crippen LogP contribution is 2.25. The molecule has 4 heteroatoms. The van der Waals surface area contributed by atoms with Crippen molar-refractivity contribution >= 4 is 11.0 Å². The van der Waals surface area contributed by atoms with Crippen LogP contribution < -0.4 is 0 Å². The summed E-state index contributed by atoms with van der Waals surface area (Å²) in [7, 11) is 2.07. The molecule has 0 fully saturated rings. The summed E-state index contributed by atoms with van der Waals surface area (Å²) in [6, 6.07) is 6.29. The summed E-state index contributed by atoms with van der Waals surface area (Å²) in [6.45, 7) is 4.32. The molecule has 19 heavy (non-hydrogen) atoms. The molecule has 96 valence electrons. The van der Waals surface area contributed by atoms with Gasteiger partial charge in [-0.15, -0.1) is 0 Å². The van der Waals surface area contributed by atoms with Crippen LogP contribution in [0.3, 0.4) is 0 Å². The van der Waals surface area contributed by atoms with Crippen LogP contribution in [0.2, 0.25) is 0 Å². The number of fused-ring (bicyclic) bond motifs is 1. The molecule has 0 amide bonds. The Balaban J connectivity index is 2.17. The van der Waals surface area contributed by atoms with Crippen LogP contribution in [0, 0.1) is 0 Å². The molecule has 0 bridgehead atoms. The Labute approximate surface area is 112 Å². The number of hydrogen-bond donors (Lipinski definition) is 0.